The van der Waals surface area contributed by atoms with Crippen LogP contribution < -0.4 is 10.1 Å². The van der Waals surface area contributed by atoms with Crippen LogP contribution in [0.25, 0.3) is 11.4 Å². The zero-order chi connectivity index (χ0) is 17.6. The van der Waals surface area contributed by atoms with Crippen LogP contribution in [0, 0.1) is 0 Å². The van der Waals surface area contributed by atoms with E-state index in [-0.39, 0.29) is 11.7 Å². The highest BCUT2D eigenvalue weighted by molar-refractivity contribution is 9.10. The summed E-state index contributed by atoms with van der Waals surface area (Å²) in [5.74, 6) is 1.53. The largest absolute Gasteiger partial charge is 0.497 e. The fourth-order valence-corrected chi connectivity index (χ4v) is 3.05. The molecular weight excluding hydrogens is 404 g/mol. The minimum Gasteiger partial charge on any atom is -0.497 e. The summed E-state index contributed by atoms with van der Waals surface area (Å²) in [6, 6.07) is 15.0. The Labute approximate surface area is 157 Å². The first-order valence-electron chi connectivity index (χ1n) is 7.39. The average Bonchev–Trinajstić information content (AvgIpc) is 3.11. The van der Waals surface area contributed by atoms with Crippen LogP contribution >= 0.6 is 27.7 Å². The number of nitrogens with zero attached hydrogens (tertiary/aromatic N) is 2. The molecule has 128 valence electrons. The summed E-state index contributed by atoms with van der Waals surface area (Å²) in [4.78, 5) is 16.5. The zero-order valence-corrected chi connectivity index (χ0v) is 15.7. The molecule has 1 amide bonds. The minimum absolute atomic E-state index is 0.118. The number of hydrogen-bond acceptors (Lipinski definition) is 5. The lowest BCUT2D eigenvalue weighted by atomic mass is 10.2. The molecule has 0 bridgehead atoms. The van der Waals surface area contributed by atoms with Crippen LogP contribution in [0.1, 0.15) is 0 Å². The number of thioether (sulfide) groups is 1. The topological polar surface area (TPSA) is 79.9 Å². The van der Waals surface area contributed by atoms with E-state index in [9.17, 15) is 4.79 Å². The van der Waals surface area contributed by atoms with Crippen molar-refractivity contribution in [1.29, 1.82) is 0 Å². The SMILES string of the molecule is COc1ccc(-c2nc(SCC(=O)Nc3ccccc3Br)n[nH]2)cc1. The van der Waals surface area contributed by atoms with Crippen LogP contribution in [-0.4, -0.2) is 34.0 Å². The maximum atomic E-state index is 12.1. The molecule has 0 aliphatic carbocycles. The number of aromatic amines is 1. The predicted molar refractivity (Wildman–Crippen MR) is 102 cm³/mol. The van der Waals surface area contributed by atoms with E-state index in [1.807, 2.05) is 48.5 Å². The molecule has 6 nitrogen and oxygen atoms in total. The number of ether oxygens (including phenoxy) is 1. The Balaban J connectivity index is 1.58. The van der Waals surface area contributed by atoms with Gasteiger partial charge in [0.05, 0.1) is 18.6 Å². The highest BCUT2D eigenvalue weighted by Crippen LogP contribution is 2.23. The number of amides is 1. The monoisotopic (exact) mass is 418 g/mol. The van der Waals surface area contributed by atoms with E-state index in [1.165, 1.54) is 11.8 Å². The maximum absolute atomic E-state index is 12.1. The summed E-state index contributed by atoms with van der Waals surface area (Å²) in [6.45, 7) is 0. The molecule has 0 aliphatic heterocycles. The van der Waals surface area contributed by atoms with Crippen molar-refractivity contribution in [2.75, 3.05) is 18.2 Å². The molecule has 8 heteroatoms. The smallest absolute Gasteiger partial charge is 0.234 e. The lowest BCUT2D eigenvalue weighted by Gasteiger charge is -2.05. The van der Waals surface area contributed by atoms with Crippen LogP contribution in [-0.2, 0) is 4.79 Å². The number of anilines is 1. The number of aromatic nitrogens is 3. The van der Waals surface area contributed by atoms with Crippen LogP contribution in [0.3, 0.4) is 0 Å². The summed E-state index contributed by atoms with van der Waals surface area (Å²) in [7, 11) is 1.62. The van der Waals surface area contributed by atoms with Gasteiger partial charge in [-0.3, -0.25) is 9.89 Å². The van der Waals surface area contributed by atoms with Crippen LogP contribution in [0.2, 0.25) is 0 Å². The number of hydrogen-bond donors (Lipinski definition) is 2. The Morgan fingerprint density at radius 3 is 2.72 bits per heavy atom. The standard InChI is InChI=1S/C17H15BrN4O2S/c1-24-12-8-6-11(7-9-12)16-20-17(22-21-16)25-10-15(23)19-14-5-3-2-4-13(14)18/h2-9H,10H2,1H3,(H,19,23)(H,20,21,22). The van der Waals surface area contributed by atoms with Gasteiger partial charge in [-0.1, -0.05) is 23.9 Å². The summed E-state index contributed by atoms with van der Waals surface area (Å²) < 4.78 is 5.98. The molecule has 0 unspecified atom stereocenters. The normalized spacial score (nSPS) is 10.5. The number of H-pyrrole nitrogens is 1. The van der Waals surface area contributed by atoms with Crippen LogP contribution in [0.4, 0.5) is 5.69 Å². The lowest BCUT2D eigenvalue weighted by molar-refractivity contribution is -0.113. The van der Waals surface area contributed by atoms with Gasteiger partial charge in [-0.05, 0) is 52.3 Å². The van der Waals surface area contributed by atoms with Gasteiger partial charge in [0.1, 0.15) is 5.75 Å². The van der Waals surface area contributed by atoms with Crippen LogP contribution in [0.5, 0.6) is 5.75 Å². The number of nitrogens with one attached hydrogen (secondary N) is 2. The summed E-state index contributed by atoms with van der Waals surface area (Å²) in [5, 5.41) is 10.4. The van der Waals surface area contributed by atoms with Gasteiger partial charge >= 0.3 is 0 Å². The third-order valence-electron chi connectivity index (χ3n) is 3.31. The third kappa shape index (κ3) is 4.61. The second-order valence-electron chi connectivity index (χ2n) is 5.01. The van der Waals surface area contributed by atoms with E-state index in [4.69, 9.17) is 4.74 Å². The molecule has 3 rings (SSSR count). The molecular formula is C17H15BrN4O2S. The third-order valence-corrected chi connectivity index (χ3v) is 4.85. The average molecular weight is 419 g/mol. The Morgan fingerprint density at radius 1 is 1.24 bits per heavy atom. The van der Waals surface area contributed by atoms with Crippen molar-refractivity contribution in [3.05, 3.63) is 53.0 Å². The zero-order valence-electron chi connectivity index (χ0n) is 13.3. The van der Waals surface area contributed by atoms with Crippen molar-refractivity contribution in [3.8, 4) is 17.1 Å². The fraction of sp³-hybridized carbons (Fsp3) is 0.118. The van der Waals surface area contributed by atoms with Gasteiger partial charge in [-0.2, -0.15) is 0 Å². The quantitative estimate of drug-likeness (QED) is 0.591. The number of benzene rings is 2. The first-order valence-corrected chi connectivity index (χ1v) is 9.17. The summed E-state index contributed by atoms with van der Waals surface area (Å²) in [5.41, 5.74) is 1.64. The second kappa shape index (κ2) is 8.17. The molecule has 1 heterocycles. The number of para-hydroxylation sites is 1. The molecule has 0 saturated heterocycles. The molecule has 0 saturated carbocycles. The van der Waals surface area contributed by atoms with Crippen molar-refractivity contribution in [1.82, 2.24) is 15.2 Å². The van der Waals surface area contributed by atoms with Gasteiger partial charge in [0, 0.05) is 10.0 Å². The first kappa shape index (κ1) is 17.5. The Kier molecular flexibility index (Phi) is 5.72. The van der Waals surface area contributed by atoms with E-state index in [2.05, 4.69) is 36.4 Å². The number of carbonyl (C=O) groups excluding carboxylic acids is 1. The summed E-state index contributed by atoms with van der Waals surface area (Å²) >= 11 is 4.67. The van der Waals surface area contributed by atoms with Gasteiger partial charge in [-0.15, -0.1) is 5.10 Å². The molecule has 0 fully saturated rings. The Bertz CT molecular complexity index is 867. The second-order valence-corrected chi connectivity index (χ2v) is 6.81. The van der Waals surface area contributed by atoms with Gasteiger partial charge in [0.15, 0.2) is 5.82 Å². The molecule has 2 N–H and O–H groups in total. The van der Waals surface area contributed by atoms with E-state index in [1.54, 1.807) is 7.11 Å². The molecule has 2 aromatic carbocycles. The van der Waals surface area contributed by atoms with Gasteiger partial charge in [0.2, 0.25) is 11.1 Å². The van der Waals surface area contributed by atoms with E-state index in [0.717, 1.165) is 21.5 Å². The predicted octanol–water partition coefficient (Wildman–Crippen LogP) is 3.97. The molecule has 0 radical (unpaired) electrons. The van der Waals surface area contributed by atoms with Crippen LogP contribution in [0.15, 0.2) is 58.2 Å². The van der Waals surface area contributed by atoms with Gasteiger partial charge in [-0.25, -0.2) is 4.98 Å². The van der Waals surface area contributed by atoms with E-state index < -0.39 is 0 Å². The van der Waals surface area contributed by atoms with Crippen molar-refractivity contribution < 1.29 is 9.53 Å². The fourth-order valence-electron chi connectivity index (χ4n) is 2.07. The molecule has 25 heavy (non-hydrogen) atoms. The van der Waals surface area contributed by atoms with Crippen molar-refractivity contribution in [3.63, 3.8) is 0 Å². The molecule has 0 atom stereocenters. The van der Waals surface area contributed by atoms with Gasteiger partial charge in [0.25, 0.3) is 0 Å². The van der Waals surface area contributed by atoms with Crippen molar-refractivity contribution in [2.24, 2.45) is 0 Å². The maximum Gasteiger partial charge on any atom is 0.234 e. The molecule has 1 aromatic heterocycles. The van der Waals surface area contributed by atoms with Crippen molar-refractivity contribution in [2.45, 2.75) is 5.16 Å². The minimum atomic E-state index is -0.118. The van der Waals surface area contributed by atoms with E-state index >= 15 is 0 Å². The van der Waals surface area contributed by atoms with E-state index in [0.29, 0.717) is 11.0 Å². The Morgan fingerprint density at radius 2 is 2.00 bits per heavy atom. The lowest BCUT2D eigenvalue weighted by Crippen LogP contribution is -2.14. The highest BCUT2D eigenvalue weighted by atomic mass is 79.9. The number of carbonyl (C=O) groups is 1. The number of halogens is 1. The van der Waals surface area contributed by atoms with Crippen molar-refractivity contribution >= 4 is 39.3 Å². The highest BCUT2D eigenvalue weighted by Gasteiger charge is 2.10. The molecule has 0 aliphatic rings. The molecule has 3 aromatic rings. The number of methoxy groups -OCH3 is 1. The first-order chi connectivity index (χ1) is 12.2. The molecule has 0 spiro atoms. The Hall–Kier alpha value is -2.32. The number of rotatable bonds is 6. The summed E-state index contributed by atoms with van der Waals surface area (Å²) in [6.07, 6.45) is 0. The van der Waals surface area contributed by atoms with Gasteiger partial charge < -0.3 is 10.1 Å².